The molecule has 0 spiro atoms. The molecule has 3 aromatic rings. The van der Waals surface area contributed by atoms with Crippen LogP contribution in [0.5, 0.6) is 0 Å². The first-order chi connectivity index (χ1) is 19.3. The number of halogens is 4. The number of hydrogen-bond donors (Lipinski definition) is 1. The molecule has 1 aliphatic heterocycles. The average Bonchev–Trinajstić information content (AvgIpc) is 3.30. The third kappa shape index (κ3) is 5.60. The Balaban J connectivity index is 1.65. The lowest BCUT2D eigenvalue weighted by molar-refractivity contribution is -0.142. The van der Waals surface area contributed by atoms with Gasteiger partial charge in [-0.25, -0.2) is 0 Å². The standard InChI is InChI=1S/C29H27ClF3N3O5/c1-15-13-35(14-16(2)41-15)26(37)19-10-11-20-23(12-19)36(34-25(20)17-6-8-18(9-7-17)28(39)40)27(38)24-21(29(31,32)33)4-3-5-22(24)30/h3-6,10-12,15-16,18H,7-9,13-14H2,1-2H3,(H,39,40)/t15-,16+,18?. The molecule has 12 heteroatoms. The maximum absolute atomic E-state index is 13.9. The highest BCUT2D eigenvalue weighted by molar-refractivity contribution is 6.34. The van der Waals surface area contributed by atoms with Gasteiger partial charge in [-0.15, -0.1) is 0 Å². The number of ether oxygens (including phenoxy) is 1. The second-order valence-corrected chi connectivity index (χ2v) is 10.9. The molecule has 0 radical (unpaired) electrons. The van der Waals surface area contributed by atoms with E-state index in [1.54, 1.807) is 23.1 Å². The van der Waals surface area contributed by atoms with Gasteiger partial charge in [0.05, 0.1) is 45.5 Å². The Labute approximate surface area is 238 Å². The summed E-state index contributed by atoms with van der Waals surface area (Å²) in [7, 11) is 0. The van der Waals surface area contributed by atoms with Crippen molar-refractivity contribution in [1.29, 1.82) is 0 Å². The Bertz CT molecular complexity index is 1570. The molecule has 1 amide bonds. The number of carbonyl (C=O) groups is 3. The van der Waals surface area contributed by atoms with Gasteiger partial charge in [0, 0.05) is 24.0 Å². The van der Waals surface area contributed by atoms with Crippen molar-refractivity contribution in [3.63, 3.8) is 0 Å². The molecule has 0 saturated carbocycles. The molecule has 1 unspecified atom stereocenters. The summed E-state index contributed by atoms with van der Waals surface area (Å²) in [5, 5.41) is 13.9. The largest absolute Gasteiger partial charge is 0.481 e. The minimum Gasteiger partial charge on any atom is -0.481 e. The van der Waals surface area contributed by atoms with Gasteiger partial charge >= 0.3 is 12.1 Å². The first kappa shape index (κ1) is 28.8. The Morgan fingerprint density at radius 2 is 1.78 bits per heavy atom. The summed E-state index contributed by atoms with van der Waals surface area (Å²) in [4.78, 5) is 40.3. The van der Waals surface area contributed by atoms with Crippen molar-refractivity contribution in [3.8, 4) is 0 Å². The monoisotopic (exact) mass is 589 g/mol. The molecule has 3 atom stereocenters. The molecule has 1 aliphatic carbocycles. The third-order valence-electron chi connectivity index (χ3n) is 7.42. The lowest BCUT2D eigenvalue weighted by Crippen LogP contribution is -2.48. The Morgan fingerprint density at radius 1 is 1.07 bits per heavy atom. The number of rotatable bonds is 4. The van der Waals surface area contributed by atoms with Crippen LogP contribution in [0.4, 0.5) is 13.2 Å². The lowest BCUT2D eigenvalue weighted by Gasteiger charge is -2.35. The van der Waals surface area contributed by atoms with Gasteiger partial charge < -0.3 is 14.7 Å². The molecule has 2 aromatic carbocycles. The number of nitrogens with zero attached hydrogens (tertiary/aromatic N) is 3. The number of aromatic nitrogens is 2. The van der Waals surface area contributed by atoms with E-state index < -0.39 is 35.1 Å². The van der Waals surface area contributed by atoms with Gasteiger partial charge in [-0.05, 0) is 69.0 Å². The molecule has 2 heterocycles. The first-order valence-electron chi connectivity index (χ1n) is 13.1. The second kappa shape index (κ2) is 10.9. The predicted octanol–water partition coefficient (Wildman–Crippen LogP) is 5.91. The van der Waals surface area contributed by atoms with Gasteiger partial charge in [0.25, 0.3) is 11.8 Å². The van der Waals surface area contributed by atoms with Crippen molar-refractivity contribution in [3.05, 3.63) is 69.9 Å². The number of carboxylic acid groups (broad SMARTS) is 1. The van der Waals surface area contributed by atoms with Crippen LogP contribution in [0.15, 0.2) is 42.5 Å². The van der Waals surface area contributed by atoms with Gasteiger partial charge in [0.15, 0.2) is 0 Å². The molecule has 2 aliphatic rings. The Hall–Kier alpha value is -3.70. The average molecular weight is 590 g/mol. The van der Waals surface area contributed by atoms with Crippen LogP contribution in [0.25, 0.3) is 16.5 Å². The number of fused-ring (bicyclic) bond motifs is 1. The summed E-state index contributed by atoms with van der Waals surface area (Å²) in [6.45, 7) is 4.43. The van der Waals surface area contributed by atoms with Crippen molar-refractivity contribution in [2.75, 3.05) is 13.1 Å². The number of hydrogen-bond acceptors (Lipinski definition) is 5. The topological polar surface area (TPSA) is 102 Å². The minimum atomic E-state index is -4.86. The van der Waals surface area contributed by atoms with Gasteiger partial charge in [-0.1, -0.05) is 23.7 Å². The fourth-order valence-electron chi connectivity index (χ4n) is 5.52. The number of aliphatic carboxylic acids is 1. The number of carboxylic acids is 1. The fourth-order valence-corrected chi connectivity index (χ4v) is 5.78. The van der Waals surface area contributed by atoms with E-state index in [-0.39, 0.29) is 40.6 Å². The van der Waals surface area contributed by atoms with Crippen LogP contribution in [0.3, 0.4) is 0 Å². The summed E-state index contributed by atoms with van der Waals surface area (Å²) in [5.74, 6) is -2.89. The molecule has 1 aromatic heterocycles. The van der Waals surface area contributed by atoms with Crippen molar-refractivity contribution in [2.24, 2.45) is 5.92 Å². The van der Waals surface area contributed by atoms with Gasteiger partial charge in [-0.2, -0.15) is 23.0 Å². The van der Waals surface area contributed by atoms with Crippen molar-refractivity contribution in [2.45, 2.75) is 51.5 Å². The number of alkyl halides is 3. The molecule has 8 nitrogen and oxygen atoms in total. The molecule has 5 rings (SSSR count). The van der Waals surface area contributed by atoms with E-state index >= 15 is 0 Å². The number of benzene rings is 2. The molecular formula is C29H27ClF3N3O5. The van der Waals surface area contributed by atoms with E-state index in [2.05, 4.69) is 5.10 Å². The van der Waals surface area contributed by atoms with E-state index in [1.165, 1.54) is 12.1 Å². The SMILES string of the molecule is C[C@@H]1CN(C(=O)c2ccc3c(C4=CCC(C(=O)O)CC4)nn(C(=O)c4c(Cl)cccc4C(F)(F)F)c3c2)C[C@H](C)O1. The second-order valence-electron chi connectivity index (χ2n) is 10.5. The molecule has 1 N–H and O–H groups in total. The highest BCUT2D eigenvalue weighted by atomic mass is 35.5. The number of amides is 1. The van der Waals surface area contributed by atoms with Gasteiger partial charge in [-0.3, -0.25) is 14.4 Å². The van der Waals surface area contributed by atoms with E-state index in [1.807, 2.05) is 13.8 Å². The van der Waals surface area contributed by atoms with Gasteiger partial charge in [0.2, 0.25) is 0 Å². The summed E-state index contributed by atoms with van der Waals surface area (Å²) in [6.07, 6.45) is -2.55. The summed E-state index contributed by atoms with van der Waals surface area (Å²) < 4.78 is 48.3. The first-order valence-corrected chi connectivity index (χ1v) is 13.5. The molecule has 216 valence electrons. The zero-order valence-corrected chi connectivity index (χ0v) is 23.0. The van der Waals surface area contributed by atoms with Crippen molar-refractivity contribution < 1.29 is 37.4 Å². The van der Waals surface area contributed by atoms with Crippen LogP contribution in [0.1, 0.15) is 65.1 Å². The summed E-state index contributed by atoms with van der Waals surface area (Å²) >= 11 is 6.14. The van der Waals surface area contributed by atoms with E-state index in [0.29, 0.717) is 42.6 Å². The van der Waals surface area contributed by atoms with Crippen LogP contribution >= 0.6 is 11.6 Å². The summed E-state index contributed by atoms with van der Waals surface area (Å²) in [6, 6.07) is 7.74. The molecule has 41 heavy (non-hydrogen) atoms. The smallest absolute Gasteiger partial charge is 0.417 e. The zero-order valence-electron chi connectivity index (χ0n) is 22.2. The van der Waals surface area contributed by atoms with Crippen LogP contribution in [-0.4, -0.2) is 62.9 Å². The normalized spacial score (nSPS) is 21.6. The van der Waals surface area contributed by atoms with Crippen molar-refractivity contribution >= 4 is 45.9 Å². The fraction of sp³-hybridized carbons (Fsp3) is 0.379. The lowest BCUT2D eigenvalue weighted by atomic mass is 9.87. The number of allylic oxidation sites excluding steroid dienone is 2. The highest BCUT2D eigenvalue weighted by Crippen LogP contribution is 2.38. The summed E-state index contributed by atoms with van der Waals surface area (Å²) in [5.41, 5.74) is -0.578. The highest BCUT2D eigenvalue weighted by Gasteiger charge is 2.38. The Kier molecular flexibility index (Phi) is 7.69. The van der Waals surface area contributed by atoms with Crippen LogP contribution in [0.2, 0.25) is 5.02 Å². The van der Waals surface area contributed by atoms with E-state index in [4.69, 9.17) is 16.3 Å². The minimum absolute atomic E-state index is 0.138. The van der Waals surface area contributed by atoms with Crippen molar-refractivity contribution in [1.82, 2.24) is 14.7 Å². The number of carbonyl (C=O) groups excluding carboxylic acids is 2. The molecule has 1 fully saturated rings. The Morgan fingerprint density at radius 3 is 2.39 bits per heavy atom. The molecular weight excluding hydrogens is 563 g/mol. The maximum atomic E-state index is 13.9. The third-order valence-corrected chi connectivity index (χ3v) is 7.74. The van der Waals surface area contributed by atoms with Crippen LogP contribution in [0, 0.1) is 5.92 Å². The molecule has 1 saturated heterocycles. The molecule has 0 bridgehead atoms. The van der Waals surface area contributed by atoms with E-state index in [9.17, 15) is 32.7 Å². The van der Waals surface area contributed by atoms with Crippen LogP contribution < -0.4 is 0 Å². The quantitative estimate of drug-likeness (QED) is 0.406. The van der Waals surface area contributed by atoms with E-state index in [0.717, 1.165) is 16.8 Å². The zero-order chi connectivity index (χ0) is 29.6. The number of morpholine rings is 1. The predicted molar refractivity (Wildman–Crippen MR) is 145 cm³/mol. The van der Waals surface area contributed by atoms with Gasteiger partial charge in [0.1, 0.15) is 0 Å². The van der Waals surface area contributed by atoms with Crippen LogP contribution in [-0.2, 0) is 15.7 Å². The maximum Gasteiger partial charge on any atom is 0.417 e.